The van der Waals surface area contributed by atoms with Crippen LogP contribution in [0.1, 0.15) is 0 Å². The maximum atomic E-state index is 13.0. The van der Waals surface area contributed by atoms with Crippen molar-refractivity contribution in [3.63, 3.8) is 0 Å². The van der Waals surface area contributed by atoms with E-state index < -0.39 is 0 Å². The van der Waals surface area contributed by atoms with Crippen molar-refractivity contribution < 1.29 is 8.91 Å². The standard InChI is InChI=1S/C15H9Cl2FN2O/c16-10-2-1-3-11(17)12(10)13-14(21-20-15(13)19)8-4-6-9(18)7-5-8/h1-7H,(H2,19,20). The van der Waals surface area contributed by atoms with Crippen LogP contribution in [0, 0.1) is 5.82 Å². The van der Waals surface area contributed by atoms with Gasteiger partial charge in [0.15, 0.2) is 11.6 Å². The predicted molar refractivity (Wildman–Crippen MR) is 81.8 cm³/mol. The number of nitrogen functional groups attached to an aromatic ring is 1. The molecule has 0 atom stereocenters. The van der Waals surface area contributed by atoms with Crippen LogP contribution in [0.25, 0.3) is 22.5 Å². The molecule has 0 fully saturated rings. The van der Waals surface area contributed by atoms with E-state index in [2.05, 4.69) is 5.16 Å². The monoisotopic (exact) mass is 322 g/mol. The van der Waals surface area contributed by atoms with Gasteiger partial charge in [0.05, 0.1) is 15.6 Å². The van der Waals surface area contributed by atoms with Crippen molar-refractivity contribution in [3.8, 4) is 22.5 Å². The number of nitrogens with two attached hydrogens (primary N) is 1. The van der Waals surface area contributed by atoms with E-state index in [4.69, 9.17) is 33.5 Å². The third kappa shape index (κ3) is 2.48. The topological polar surface area (TPSA) is 52.0 Å². The molecule has 106 valence electrons. The molecule has 0 saturated carbocycles. The molecule has 0 aliphatic carbocycles. The van der Waals surface area contributed by atoms with Crippen molar-refractivity contribution >= 4 is 29.0 Å². The van der Waals surface area contributed by atoms with Crippen LogP contribution in [-0.2, 0) is 0 Å². The Hall–Kier alpha value is -2.04. The Balaban J connectivity index is 2.25. The average Bonchev–Trinajstić information content (AvgIpc) is 2.82. The third-order valence-corrected chi connectivity index (χ3v) is 3.67. The van der Waals surface area contributed by atoms with Gasteiger partial charge >= 0.3 is 0 Å². The van der Waals surface area contributed by atoms with Gasteiger partial charge in [-0.1, -0.05) is 34.4 Å². The van der Waals surface area contributed by atoms with Gasteiger partial charge in [0.25, 0.3) is 0 Å². The van der Waals surface area contributed by atoms with Gasteiger partial charge in [0.2, 0.25) is 0 Å². The van der Waals surface area contributed by atoms with Gasteiger partial charge in [0, 0.05) is 11.1 Å². The molecule has 0 aliphatic rings. The Labute approximate surface area is 130 Å². The highest BCUT2D eigenvalue weighted by atomic mass is 35.5. The van der Waals surface area contributed by atoms with Crippen LogP contribution in [0.3, 0.4) is 0 Å². The van der Waals surface area contributed by atoms with E-state index in [-0.39, 0.29) is 11.6 Å². The second-order valence-electron chi connectivity index (χ2n) is 4.38. The summed E-state index contributed by atoms with van der Waals surface area (Å²) in [5, 5.41) is 4.63. The number of benzene rings is 2. The molecular formula is C15H9Cl2FN2O. The van der Waals surface area contributed by atoms with Gasteiger partial charge in [-0.3, -0.25) is 0 Å². The number of hydrogen-bond acceptors (Lipinski definition) is 3. The van der Waals surface area contributed by atoms with Crippen molar-refractivity contribution in [2.24, 2.45) is 0 Å². The number of rotatable bonds is 2. The summed E-state index contributed by atoms with van der Waals surface area (Å²) >= 11 is 12.4. The molecule has 0 spiro atoms. The normalized spacial score (nSPS) is 10.8. The van der Waals surface area contributed by atoms with Gasteiger partial charge in [0.1, 0.15) is 5.82 Å². The molecule has 1 aromatic heterocycles. The van der Waals surface area contributed by atoms with Crippen LogP contribution in [0.5, 0.6) is 0 Å². The fourth-order valence-electron chi connectivity index (χ4n) is 2.08. The minimum atomic E-state index is -0.344. The first-order valence-corrected chi connectivity index (χ1v) is 6.79. The zero-order valence-corrected chi connectivity index (χ0v) is 12.1. The molecule has 1 heterocycles. The molecule has 3 rings (SSSR count). The van der Waals surface area contributed by atoms with E-state index in [9.17, 15) is 4.39 Å². The molecule has 2 aromatic carbocycles. The zero-order valence-electron chi connectivity index (χ0n) is 10.6. The van der Waals surface area contributed by atoms with Crippen LogP contribution < -0.4 is 5.73 Å². The Morgan fingerprint density at radius 1 is 0.952 bits per heavy atom. The quantitative estimate of drug-likeness (QED) is 0.719. The molecular weight excluding hydrogens is 314 g/mol. The summed E-state index contributed by atoms with van der Waals surface area (Å²) in [6, 6.07) is 10.9. The summed E-state index contributed by atoms with van der Waals surface area (Å²) in [4.78, 5) is 0. The molecule has 3 aromatic rings. The summed E-state index contributed by atoms with van der Waals surface area (Å²) in [6.45, 7) is 0. The highest BCUT2D eigenvalue weighted by molar-refractivity contribution is 6.39. The Morgan fingerprint density at radius 2 is 1.57 bits per heavy atom. The van der Waals surface area contributed by atoms with Gasteiger partial charge in [-0.15, -0.1) is 0 Å². The molecule has 0 aliphatic heterocycles. The fourth-order valence-corrected chi connectivity index (χ4v) is 2.67. The Kier molecular flexibility index (Phi) is 3.57. The minimum Gasteiger partial charge on any atom is -0.380 e. The van der Waals surface area contributed by atoms with E-state index in [1.54, 1.807) is 30.3 Å². The van der Waals surface area contributed by atoms with Crippen LogP contribution in [0.4, 0.5) is 10.2 Å². The molecule has 0 unspecified atom stereocenters. The molecule has 6 heteroatoms. The summed E-state index contributed by atoms with van der Waals surface area (Å²) < 4.78 is 18.3. The predicted octanol–water partition coefficient (Wildman–Crippen LogP) is 5.04. The average molecular weight is 323 g/mol. The highest BCUT2D eigenvalue weighted by Crippen LogP contribution is 2.43. The zero-order chi connectivity index (χ0) is 15.0. The lowest BCUT2D eigenvalue weighted by molar-refractivity contribution is 0.436. The lowest BCUT2D eigenvalue weighted by Gasteiger charge is -2.07. The molecule has 0 saturated heterocycles. The number of aromatic nitrogens is 1. The van der Waals surface area contributed by atoms with Crippen LogP contribution >= 0.6 is 23.2 Å². The SMILES string of the molecule is Nc1noc(-c2ccc(F)cc2)c1-c1c(Cl)cccc1Cl. The summed E-state index contributed by atoms with van der Waals surface area (Å²) in [7, 11) is 0. The molecule has 0 bridgehead atoms. The minimum absolute atomic E-state index is 0.171. The number of nitrogens with zero attached hydrogens (tertiary/aromatic N) is 1. The van der Waals surface area contributed by atoms with Crippen LogP contribution in [0.2, 0.25) is 10.0 Å². The van der Waals surface area contributed by atoms with E-state index in [1.807, 2.05) is 0 Å². The first-order chi connectivity index (χ1) is 10.1. The second kappa shape index (κ2) is 5.39. The summed E-state index contributed by atoms with van der Waals surface area (Å²) in [6.07, 6.45) is 0. The number of anilines is 1. The first kappa shape index (κ1) is 13.9. The maximum Gasteiger partial charge on any atom is 0.177 e. The summed E-state index contributed by atoms with van der Waals surface area (Å²) in [5.74, 6) is 0.218. The Bertz CT molecular complexity index is 780. The van der Waals surface area contributed by atoms with Gasteiger partial charge in [-0.25, -0.2) is 4.39 Å². The third-order valence-electron chi connectivity index (χ3n) is 3.04. The van der Waals surface area contributed by atoms with Crippen LogP contribution in [-0.4, -0.2) is 5.16 Å². The van der Waals surface area contributed by atoms with Gasteiger partial charge in [-0.2, -0.15) is 0 Å². The highest BCUT2D eigenvalue weighted by Gasteiger charge is 2.22. The maximum absolute atomic E-state index is 13.0. The van der Waals surface area contributed by atoms with Crippen molar-refractivity contribution in [2.75, 3.05) is 5.73 Å². The molecule has 0 amide bonds. The largest absolute Gasteiger partial charge is 0.380 e. The number of halogens is 3. The van der Waals surface area contributed by atoms with Crippen molar-refractivity contribution in [3.05, 3.63) is 58.3 Å². The van der Waals surface area contributed by atoms with Crippen molar-refractivity contribution in [1.82, 2.24) is 5.16 Å². The molecule has 21 heavy (non-hydrogen) atoms. The second-order valence-corrected chi connectivity index (χ2v) is 5.19. The van der Waals surface area contributed by atoms with Gasteiger partial charge in [-0.05, 0) is 36.4 Å². The van der Waals surface area contributed by atoms with Crippen LogP contribution in [0.15, 0.2) is 47.0 Å². The van der Waals surface area contributed by atoms with Crippen molar-refractivity contribution in [2.45, 2.75) is 0 Å². The smallest absolute Gasteiger partial charge is 0.177 e. The van der Waals surface area contributed by atoms with Gasteiger partial charge < -0.3 is 10.3 Å². The summed E-state index contributed by atoms with van der Waals surface area (Å²) in [5.41, 5.74) is 7.55. The van der Waals surface area contributed by atoms with E-state index in [0.29, 0.717) is 32.5 Å². The van der Waals surface area contributed by atoms with E-state index >= 15 is 0 Å². The van der Waals surface area contributed by atoms with Crippen molar-refractivity contribution in [1.29, 1.82) is 0 Å². The van der Waals surface area contributed by atoms with E-state index in [1.165, 1.54) is 12.1 Å². The lowest BCUT2D eigenvalue weighted by Crippen LogP contribution is -1.90. The Morgan fingerprint density at radius 3 is 2.19 bits per heavy atom. The first-order valence-electron chi connectivity index (χ1n) is 6.03. The number of hydrogen-bond donors (Lipinski definition) is 1. The molecule has 3 nitrogen and oxygen atoms in total. The molecule has 2 N–H and O–H groups in total. The van der Waals surface area contributed by atoms with E-state index in [0.717, 1.165) is 0 Å². The molecule has 0 radical (unpaired) electrons. The lowest BCUT2D eigenvalue weighted by atomic mass is 10.0. The fraction of sp³-hybridized carbons (Fsp3) is 0.